The third-order valence-corrected chi connectivity index (χ3v) is 3.53. The number of allylic oxidation sites excluding steroid dienone is 2. The Hall–Kier alpha value is -1.96. The van der Waals surface area contributed by atoms with E-state index in [1.54, 1.807) is 24.3 Å². The summed E-state index contributed by atoms with van der Waals surface area (Å²) in [6.07, 6.45) is 7.54. The van der Waals surface area contributed by atoms with Gasteiger partial charge in [0.25, 0.3) is 0 Å². The number of halogens is 2. The molecule has 1 aliphatic carbocycles. The minimum absolute atomic E-state index is 0.594. The van der Waals surface area contributed by atoms with Crippen molar-refractivity contribution in [2.24, 2.45) is 9.98 Å². The summed E-state index contributed by atoms with van der Waals surface area (Å²) in [5, 5.41) is -0.207. The van der Waals surface area contributed by atoms with Crippen molar-refractivity contribution in [3.63, 3.8) is 0 Å². The van der Waals surface area contributed by atoms with Crippen LogP contribution in [0.2, 0.25) is 5.02 Å². The zero-order valence-electron chi connectivity index (χ0n) is 10.1. The molecule has 4 nitrogen and oxygen atoms in total. The van der Waals surface area contributed by atoms with Crippen molar-refractivity contribution in [2.75, 3.05) is 0 Å². The first-order chi connectivity index (χ1) is 9.61. The molecular formula is C14H8Cl2N2O2. The van der Waals surface area contributed by atoms with Gasteiger partial charge in [0.05, 0.1) is 0 Å². The SMILES string of the molecule is O=C=NC1(N=C=O)C=CC(c2cccc(Cl)c2)=CC1Cl. The quantitative estimate of drug-likeness (QED) is 0.489. The van der Waals surface area contributed by atoms with E-state index in [0.717, 1.165) is 11.1 Å². The van der Waals surface area contributed by atoms with Crippen LogP contribution in [0.1, 0.15) is 5.56 Å². The van der Waals surface area contributed by atoms with Crippen LogP contribution in [0.15, 0.2) is 52.5 Å². The van der Waals surface area contributed by atoms with Gasteiger partial charge in [-0.2, -0.15) is 9.98 Å². The fourth-order valence-electron chi connectivity index (χ4n) is 1.87. The molecule has 0 heterocycles. The van der Waals surface area contributed by atoms with Crippen LogP contribution in [-0.2, 0) is 9.59 Å². The number of benzene rings is 1. The van der Waals surface area contributed by atoms with Crippen LogP contribution in [0.3, 0.4) is 0 Å². The molecule has 0 spiro atoms. The van der Waals surface area contributed by atoms with Gasteiger partial charge in [0.1, 0.15) is 5.38 Å². The minimum atomic E-state index is -1.48. The summed E-state index contributed by atoms with van der Waals surface area (Å²) in [5.41, 5.74) is 0.177. The average Bonchev–Trinajstić information content (AvgIpc) is 2.42. The summed E-state index contributed by atoms with van der Waals surface area (Å²) in [4.78, 5) is 28.0. The lowest BCUT2D eigenvalue weighted by Gasteiger charge is -2.25. The summed E-state index contributed by atoms with van der Waals surface area (Å²) < 4.78 is 0. The molecule has 20 heavy (non-hydrogen) atoms. The first-order valence-electron chi connectivity index (χ1n) is 5.60. The number of nitrogens with zero attached hydrogens (tertiary/aromatic N) is 2. The Bertz CT molecular complexity index is 666. The Kier molecular flexibility index (Phi) is 4.33. The van der Waals surface area contributed by atoms with Gasteiger partial charge < -0.3 is 0 Å². The average molecular weight is 307 g/mol. The molecule has 1 unspecified atom stereocenters. The zero-order chi connectivity index (χ0) is 14.6. The van der Waals surface area contributed by atoms with Crippen LogP contribution in [0.25, 0.3) is 5.57 Å². The Morgan fingerprint density at radius 1 is 1.20 bits per heavy atom. The fourth-order valence-corrected chi connectivity index (χ4v) is 2.37. The molecule has 0 fully saturated rings. The van der Waals surface area contributed by atoms with Crippen molar-refractivity contribution >= 4 is 40.9 Å². The molecule has 0 bridgehead atoms. The van der Waals surface area contributed by atoms with Crippen molar-refractivity contribution in [3.05, 3.63) is 53.1 Å². The van der Waals surface area contributed by atoms with Crippen LogP contribution < -0.4 is 0 Å². The number of hydrogen-bond donors (Lipinski definition) is 0. The molecule has 1 aromatic carbocycles. The van der Waals surface area contributed by atoms with E-state index in [0.29, 0.717) is 5.02 Å². The third kappa shape index (κ3) is 2.79. The van der Waals surface area contributed by atoms with Crippen LogP contribution >= 0.6 is 23.2 Å². The first-order valence-corrected chi connectivity index (χ1v) is 6.42. The lowest BCUT2D eigenvalue weighted by Crippen LogP contribution is -2.33. The topological polar surface area (TPSA) is 58.9 Å². The van der Waals surface area contributed by atoms with E-state index in [9.17, 15) is 9.59 Å². The highest BCUT2D eigenvalue weighted by Gasteiger charge is 2.36. The Labute approximate surface area is 125 Å². The molecule has 1 atom stereocenters. The van der Waals surface area contributed by atoms with Gasteiger partial charge in [-0.3, -0.25) is 0 Å². The maximum absolute atomic E-state index is 10.5. The van der Waals surface area contributed by atoms with Gasteiger partial charge in [0, 0.05) is 5.02 Å². The van der Waals surface area contributed by atoms with Gasteiger partial charge in [-0.15, -0.1) is 11.6 Å². The summed E-state index contributed by atoms with van der Waals surface area (Å²) in [7, 11) is 0. The molecule has 2 rings (SSSR count). The van der Waals surface area contributed by atoms with Crippen molar-refractivity contribution in [1.82, 2.24) is 0 Å². The molecule has 6 heteroatoms. The Balaban J connectivity index is 2.43. The maximum Gasteiger partial charge on any atom is 0.237 e. The predicted molar refractivity (Wildman–Crippen MR) is 77.2 cm³/mol. The van der Waals surface area contributed by atoms with Gasteiger partial charge in [-0.25, -0.2) is 9.59 Å². The molecule has 0 amide bonds. The van der Waals surface area contributed by atoms with Crippen LogP contribution in [0, 0.1) is 0 Å². The van der Waals surface area contributed by atoms with E-state index < -0.39 is 11.0 Å². The van der Waals surface area contributed by atoms with Gasteiger partial charge in [-0.05, 0) is 29.3 Å². The van der Waals surface area contributed by atoms with E-state index >= 15 is 0 Å². The maximum atomic E-state index is 10.5. The molecule has 0 aromatic heterocycles. The molecule has 0 N–H and O–H groups in total. The lowest BCUT2D eigenvalue weighted by atomic mass is 9.93. The van der Waals surface area contributed by atoms with E-state index in [-0.39, 0.29) is 0 Å². The lowest BCUT2D eigenvalue weighted by molar-refractivity contribution is 0.517. The summed E-state index contributed by atoms with van der Waals surface area (Å²) >= 11 is 12.1. The first kappa shape index (κ1) is 14.4. The monoisotopic (exact) mass is 306 g/mol. The standard InChI is InChI=1S/C14H8Cl2N2O2/c15-12-3-1-2-10(6-12)11-4-5-14(17-8-19,18-9-20)13(16)7-11/h1-7,13H. The van der Waals surface area contributed by atoms with Gasteiger partial charge in [0.2, 0.25) is 17.8 Å². The summed E-state index contributed by atoms with van der Waals surface area (Å²) in [6, 6.07) is 7.21. The second-order valence-corrected chi connectivity index (χ2v) is 4.96. The Morgan fingerprint density at radius 2 is 1.90 bits per heavy atom. The van der Waals surface area contributed by atoms with E-state index in [1.807, 2.05) is 12.1 Å². The van der Waals surface area contributed by atoms with Crippen LogP contribution in [0.5, 0.6) is 0 Å². The number of carbonyl (C=O) groups excluding carboxylic acids is 2. The highest BCUT2D eigenvalue weighted by molar-refractivity contribution is 6.30. The van der Waals surface area contributed by atoms with Crippen molar-refractivity contribution < 1.29 is 9.59 Å². The second-order valence-electron chi connectivity index (χ2n) is 4.06. The molecule has 0 aliphatic heterocycles. The minimum Gasteiger partial charge on any atom is -0.211 e. The van der Waals surface area contributed by atoms with Gasteiger partial charge in [0.15, 0.2) is 0 Å². The third-order valence-electron chi connectivity index (χ3n) is 2.85. The zero-order valence-corrected chi connectivity index (χ0v) is 11.6. The van der Waals surface area contributed by atoms with E-state index in [2.05, 4.69) is 9.98 Å². The van der Waals surface area contributed by atoms with Crippen molar-refractivity contribution in [2.45, 2.75) is 11.0 Å². The van der Waals surface area contributed by atoms with Crippen molar-refractivity contribution in [1.29, 1.82) is 0 Å². The normalized spacial score (nSPS) is 24.3. The highest BCUT2D eigenvalue weighted by atomic mass is 35.5. The van der Waals surface area contributed by atoms with Gasteiger partial charge >= 0.3 is 0 Å². The number of hydrogen-bond acceptors (Lipinski definition) is 4. The molecule has 0 saturated heterocycles. The fraction of sp³-hybridized carbons (Fsp3) is 0.143. The Morgan fingerprint density at radius 3 is 2.45 bits per heavy atom. The van der Waals surface area contributed by atoms with Crippen LogP contribution in [0.4, 0.5) is 0 Å². The van der Waals surface area contributed by atoms with E-state index in [4.69, 9.17) is 23.2 Å². The second kappa shape index (κ2) is 6.00. The number of rotatable bonds is 3. The molecule has 1 aliphatic rings. The van der Waals surface area contributed by atoms with Gasteiger partial charge in [-0.1, -0.05) is 35.9 Å². The summed E-state index contributed by atoms with van der Waals surface area (Å²) in [6.45, 7) is 0. The molecule has 0 radical (unpaired) electrons. The number of alkyl halides is 1. The molecular weight excluding hydrogens is 299 g/mol. The summed E-state index contributed by atoms with van der Waals surface area (Å²) in [5.74, 6) is 0. The van der Waals surface area contributed by atoms with Crippen LogP contribution in [-0.4, -0.2) is 23.2 Å². The molecule has 0 saturated carbocycles. The largest absolute Gasteiger partial charge is 0.237 e. The predicted octanol–water partition coefficient (Wildman–Crippen LogP) is 3.27. The van der Waals surface area contributed by atoms with Crippen molar-refractivity contribution in [3.8, 4) is 0 Å². The van der Waals surface area contributed by atoms with E-state index in [1.165, 1.54) is 18.2 Å². The molecule has 100 valence electrons. The molecule has 1 aromatic rings. The number of isocyanates is 2. The smallest absolute Gasteiger partial charge is 0.211 e. The highest BCUT2D eigenvalue weighted by Crippen LogP contribution is 2.34. The number of aliphatic imine (C=N–C) groups is 2.